The topological polar surface area (TPSA) is 64.2 Å². The van der Waals surface area contributed by atoms with Gasteiger partial charge in [0.05, 0.1) is 4.90 Å². The number of anilines is 1. The van der Waals surface area contributed by atoms with Gasteiger partial charge in [0.1, 0.15) is 0 Å². The lowest BCUT2D eigenvalue weighted by atomic mass is 9.73. The van der Waals surface area contributed by atoms with Crippen molar-refractivity contribution in [1.29, 1.82) is 0 Å². The Morgan fingerprint density at radius 1 is 1.25 bits per heavy atom. The number of nitrogens with zero attached hydrogens (tertiary/aromatic N) is 3. The van der Waals surface area contributed by atoms with Crippen LogP contribution in [0.3, 0.4) is 0 Å². The highest BCUT2D eigenvalue weighted by Crippen LogP contribution is 2.50. The highest BCUT2D eigenvalue weighted by molar-refractivity contribution is 7.99. The minimum atomic E-state index is 0.0842. The van der Waals surface area contributed by atoms with Crippen LogP contribution in [-0.4, -0.2) is 28.4 Å². The van der Waals surface area contributed by atoms with Crippen LogP contribution in [0.5, 0.6) is 0 Å². The quantitative estimate of drug-likeness (QED) is 0.805. The van der Waals surface area contributed by atoms with E-state index in [4.69, 9.17) is 5.73 Å². The molecule has 0 bridgehead atoms. The molecule has 1 spiro atoms. The molecule has 2 aliphatic carbocycles. The lowest BCUT2D eigenvalue weighted by molar-refractivity contribution is 0.186. The molecule has 0 unspecified atom stereocenters. The first kappa shape index (κ1) is 18.3. The van der Waals surface area contributed by atoms with Gasteiger partial charge in [-0.1, -0.05) is 24.3 Å². The molecule has 2 fully saturated rings. The number of piperidine rings is 1. The Kier molecular flexibility index (Phi) is 4.51. The highest BCUT2D eigenvalue weighted by atomic mass is 32.2. The molecule has 148 valence electrons. The van der Waals surface area contributed by atoms with E-state index in [1.165, 1.54) is 24.0 Å². The van der Waals surface area contributed by atoms with Crippen LogP contribution in [0.2, 0.25) is 0 Å². The molecule has 5 rings (SSSR count). The first-order valence-corrected chi connectivity index (χ1v) is 11.3. The van der Waals surface area contributed by atoms with Crippen molar-refractivity contribution in [2.45, 2.75) is 43.0 Å². The number of aromatic nitrogens is 2. The summed E-state index contributed by atoms with van der Waals surface area (Å²) in [5.41, 5.74) is 9.65. The Morgan fingerprint density at radius 2 is 2.00 bits per heavy atom. The summed E-state index contributed by atoms with van der Waals surface area (Å²) in [6.45, 7) is 1.80. The molecule has 0 amide bonds. The summed E-state index contributed by atoms with van der Waals surface area (Å²) in [4.78, 5) is 20.5. The van der Waals surface area contributed by atoms with Crippen molar-refractivity contribution in [2.75, 3.05) is 23.7 Å². The minimum Gasteiger partial charge on any atom is -0.342 e. The van der Waals surface area contributed by atoms with Gasteiger partial charge in [-0.2, -0.15) is 0 Å². The molecular weight excluding hydrogens is 368 g/mol. The van der Waals surface area contributed by atoms with E-state index in [0.29, 0.717) is 0 Å². The second-order valence-corrected chi connectivity index (χ2v) is 9.81. The summed E-state index contributed by atoms with van der Waals surface area (Å²) in [5, 5.41) is 0. The molecule has 1 aromatic heterocycles. The van der Waals surface area contributed by atoms with Gasteiger partial charge in [-0.25, -0.2) is 4.98 Å². The molecule has 1 saturated carbocycles. The molecule has 1 atom stereocenters. The maximum atomic E-state index is 12.8. The van der Waals surface area contributed by atoms with Crippen LogP contribution in [0.25, 0.3) is 0 Å². The standard InChI is InChI=1S/C22H28N4OS/c1-25-20(27)18(28-14-15-6-7-15)13-24-21(25)26-10-8-22(9-11-26)12-16-4-2-3-5-17(16)19(22)23/h2-5,13,15,19H,6-12,14,23H2,1H3/t19-/m1/s1. The summed E-state index contributed by atoms with van der Waals surface area (Å²) in [6, 6.07) is 8.73. The van der Waals surface area contributed by atoms with Gasteiger partial charge in [-0.05, 0) is 54.6 Å². The van der Waals surface area contributed by atoms with Crippen molar-refractivity contribution in [3.05, 3.63) is 51.9 Å². The fourth-order valence-electron chi connectivity index (χ4n) is 4.86. The van der Waals surface area contributed by atoms with Gasteiger partial charge < -0.3 is 10.6 Å². The van der Waals surface area contributed by atoms with Crippen LogP contribution in [0.15, 0.2) is 40.2 Å². The number of hydrogen-bond acceptors (Lipinski definition) is 5. The Bertz CT molecular complexity index is 944. The first-order valence-electron chi connectivity index (χ1n) is 10.3. The van der Waals surface area contributed by atoms with Gasteiger partial charge in [0.15, 0.2) is 0 Å². The van der Waals surface area contributed by atoms with Gasteiger partial charge in [0, 0.05) is 38.1 Å². The zero-order valence-electron chi connectivity index (χ0n) is 16.4. The van der Waals surface area contributed by atoms with Crippen LogP contribution in [0.1, 0.15) is 42.9 Å². The second kappa shape index (κ2) is 6.92. The van der Waals surface area contributed by atoms with E-state index >= 15 is 0 Å². The highest BCUT2D eigenvalue weighted by Gasteiger charge is 2.46. The van der Waals surface area contributed by atoms with E-state index in [0.717, 1.165) is 54.9 Å². The molecule has 1 saturated heterocycles. The van der Waals surface area contributed by atoms with Crippen molar-refractivity contribution < 1.29 is 0 Å². The summed E-state index contributed by atoms with van der Waals surface area (Å²) < 4.78 is 1.73. The monoisotopic (exact) mass is 396 g/mol. The zero-order valence-corrected chi connectivity index (χ0v) is 17.3. The Labute approximate surface area is 170 Å². The molecule has 5 nitrogen and oxygen atoms in total. The smallest absolute Gasteiger partial charge is 0.268 e. The van der Waals surface area contributed by atoms with Crippen LogP contribution in [0.4, 0.5) is 5.95 Å². The van der Waals surface area contributed by atoms with E-state index in [2.05, 4.69) is 34.1 Å². The number of fused-ring (bicyclic) bond motifs is 1. The van der Waals surface area contributed by atoms with Gasteiger partial charge in [-0.15, -0.1) is 11.8 Å². The fraction of sp³-hybridized carbons (Fsp3) is 0.545. The fourth-order valence-corrected chi connectivity index (χ4v) is 5.99. The number of hydrogen-bond donors (Lipinski definition) is 1. The van der Waals surface area contributed by atoms with Crippen molar-refractivity contribution in [1.82, 2.24) is 9.55 Å². The molecule has 2 heterocycles. The Balaban J connectivity index is 1.31. The largest absolute Gasteiger partial charge is 0.342 e. The number of nitrogens with two attached hydrogens (primary N) is 1. The summed E-state index contributed by atoms with van der Waals surface area (Å²) in [5.74, 6) is 2.63. The molecule has 6 heteroatoms. The molecule has 28 heavy (non-hydrogen) atoms. The molecule has 0 radical (unpaired) electrons. The lowest BCUT2D eigenvalue weighted by Crippen LogP contribution is -2.46. The van der Waals surface area contributed by atoms with Gasteiger partial charge in [-0.3, -0.25) is 9.36 Å². The van der Waals surface area contributed by atoms with E-state index < -0.39 is 0 Å². The molecule has 2 aromatic rings. The third-order valence-electron chi connectivity index (χ3n) is 6.92. The van der Waals surface area contributed by atoms with Gasteiger partial charge in [0.25, 0.3) is 5.56 Å². The second-order valence-electron chi connectivity index (χ2n) is 8.74. The predicted octanol–water partition coefficient (Wildman–Crippen LogP) is 3.13. The maximum Gasteiger partial charge on any atom is 0.268 e. The van der Waals surface area contributed by atoms with Crippen LogP contribution in [-0.2, 0) is 13.5 Å². The van der Waals surface area contributed by atoms with E-state index in [1.807, 2.05) is 7.05 Å². The normalized spacial score (nSPS) is 23.2. The van der Waals surface area contributed by atoms with Crippen molar-refractivity contribution in [3.63, 3.8) is 0 Å². The lowest BCUT2D eigenvalue weighted by Gasteiger charge is -2.42. The SMILES string of the molecule is Cn1c(N2CCC3(CC2)Cc2ccccc2[C@H]3N)ncc(SCC2CC2)c1=O. The van der Waals surface area contributed by atoms with Crippen LogP contribution in [0, 0.1) is 11.3 Å². The summed E-state index contributed by atoms with van der Waals surface area (Å²) in [7, 11) is 1.85. The molecule has 1 aromatic carbocycles. The van der Waals surface area contributed by atoms with Gasteiger partial charge in [0.2, 0.25) is 5.95 Å². The average molecular weight is 397 g/mol. The number of thioether (sulfide) groups is 1. The number of benzene rings is 1. The summed E-state index contributed by atoms with van der Waals surface area (Å²) >= 11 is 1.66. The zero-order chi connectivity index (χ0) is 19.3. The van der Waals surface area contributed by atoms with E-state index in [1.54, 1.807) is 22.5 Å². The molecular formula is C22H28N4OS. The molecule has 3 aliphatic rings. The van der Waals surface area contributed by atoms with Gasteiger partial charge >= 0.3 is 0 Å². The van der Waals surface area contributed by atoms with E-state index in [-0.39, 0.29) is 17.0 Å². The maximum absolute atomic E-state index is 12.8. The van der Waals surface area contributed by atoms with Crippen LogP contribution >= 0.6 is 11.8 Å². The molecule has 1 aliphatic heterocycles. The van der Waals surface area contributed by atoms with E-state index in [9.17, 15) is 4.79 Å². The third-order valence-corrected chi connectivity index (χ3v) is 8.15. The van der Waals surface area contributed by atoms with Crippen LogP contribution < -0.4 is 16.2 Å². The molecule has 2 N–H and O–H groups in total. The van der Waals surface area contributed by atoms with Crippen molar-refractivity contribution in [3.8, 4) is 0 Å². The minimum absolute atomic E-state index is 0.0842. The predicted molar refractivity (Wildman–Crippen MR) is 114 cm³/mol. The Hall–Kier alpha value is -1.79. The Morgan fingerprint density at radius 3 is 2.71 bits per heavy atom. The first-order chi connectivity index (χ1) is 13.6. The third kappa shape index (κ3) is 3.07. The average Bonchev–Trinajstić information content (AvgIpc) is 3.50. The number of rotatable bonds is 4. The van der Waals surface area contributed by atoms with Crippen molar-refractivity contribution >= 4 is 17.7 Å². The van der Waals surface area contributed by atoms with Crippen molar-refractivity contribution in [2.24, 2.45) is 24.1 Å². The summed E-state index contributed by atoms with van der Waals surface area (Å²) in [6.07, 6.45) is 7.54.